The highest BCUT2D eigenvalue weighted by molar-refractivity contribution is 7.10. The molecule has 0 unspecified atom stereocenters. The normalized spacial score (nSPS) is 16.3. The average molecular weight is 264 g/mol. The number of hydrogen-bond donors (Lipinski definition) is 0. The first-order valence-electron chi connectivity index (χ1n) is 6.32. The quantitative estimate of drug-likeness (QED) is 0.607. The van der Waals surface area contributed by atoms with Gasteiger partial charge in [-0.25, -0.2) is 0 Å². The molecule has 19 heavy (non-hydrogen) atoms. The Morgan fingerprint density at radius 1 is 0.789 bits per heavy atom. The zero-order valence-electron chi connectivity index (χ0n) is 10.2. The molecule has 2 aromatic carbocycles. The van der Waals surface area contributed by atoms with Crippen molar-refractivity contribution in [2.75, 3.05) is 0 Å². The highest BCUT2D eigenvalue weighted by Gasteiger charge is 2.27. The lowest BCUT2D eigenvalue weighted by atomic mass is 9.92. The standard InChI is InChI=1S/C17H12OS/c1-2-8-14-12(6-1)13-7-3-4-9-15(13)18-17(14)16-10-5-11-19-16/h1-11,17H/t17-/m0/s1. The number of benzene rings is 2. The van der Waals surface area contributed by atoms with Gasteiger partial charge in [-0.2, -0.15) is 0 Å². The van der Waals surface area contributed by atoms with Crippen molar-refractivity contribution in [2.45, 2.75) is 6.10 Å². The molecule has 0 bridgehead atoms. The van der Waals surface area contributed by atoms with E-state index < -0.39 is 0 Å². The molecule has 3 aromatic rings. The van der Waals surface area contributed by atoms with E-state index in [-0.39, 0.29) is 6.10 Å². The molecule has 1 atom stereocenters. The molecule has 0 saturated heterocycles. The summed E-state index contributed by atoms with van der Waals surface area (Å²) in [6, 6.07) is 21.0. The van der Waals surface area contributed by atoms with Gasteiger partial charge in [0.1, 0.15) is 5.75 Å². The predicted octanol–water partition coefficient (Wildman–Crippen LogP) is 4.90. The highest BCUT2D eigenvalue weighted by Crippen LogP contribution is 2.45. The van der Waals surface area contributed by atoms with Crippen LogP contribution in [0.25, 0.3) is 11.1 Å². The molecule has 0 saturated carbocycles. The van der Waals surface area contributed by atoms with Crippen LogP contribution in [0.2, 0.25) is 0 Å². The summed E-state index contributed by atoms with van der Waals surface area (Å²) >= 11 is 1.74. The molecule has 1 aromatic heterocycles. The van der Waals surface area contributed by atoms with Gasteiger partial charge in [0, 0.05) is 16.0 Å². The van der Waals surface area contributed by atoms with Crippen LogP contribution in [0.3, 0.4) is 0 Å². The van der Waals surface area contributed by atoms with Crippen LogP contribution in [0, 0.1) is 0 Å². The van der Waals surface area contributed by atoms with Crippen LogP contribution in [0.1, 0.15) is 16.5 Å². The number of hydrogen-bond acceptors (Lipinski definition) is 2. The van der Waals surface area contributed by atoms with Crippen LogP contribution >= 0.6 is 11.3 Å². The fraction of sp³-hybridized carbons (Fsp3) is 0.0588. The van der Waals surface area contributed by atoms with E-state index in [0.717, 1.165) is 5.75 Å². The van der Waals surface area contributed by atoms with Gasteiger partial charge in [-0.05, 0) is 23.1 Å². The number of ether oxygens (including phenoxy) is 1. The van der Waals surface area contributed by atoms with Gasteiger partial charge >= 0.3 is 0 Å². The van der Waals surface area contributed by atoms with Crippen LogP contribution in [0.15, 0.2) is 66.0 Å². The molecule has 0 amide bonds. The first kappa shape index (κ1) is 10.8. The molecule has 0 aliphatic carbocycles. The Bertz CT molecular complexity index is 716. The predicted molar refractivity (Wildman–Crippen MR) is 78.7 cm³/mol. The summed E-state index contributed by atoms with van der Waals surface area (Å²) in [7, 11) is 0. The third-order valence-corrected chi connectivity index (χ3v) is 4.38. The van der Waals surface area contributed by atoms with E-state index in [1.54, 1.807) is 11.3 Å². The topological polar surface area (TPSA) is 9.23 Å². The van der Waals surface area contributed by atoms with Crippen molar-refractivity contribution in [1.82, 2.24) is 0 Å². The summed E-state index contributed by atoms with van der Waals surface area (Å²) < 4.78 is 6.21. The van der Waals surface area contributed by atoms with Crippen molar-refractivity contribution >= 4 is 11.3 Å². The van der Waals surface area contributed by atoms with Crippen LogP contribution in [0.4, 0.5) is 0 Å². The smallest absolute Gasteiger partial charge is 0.159 e. The molecule has 0 fully saturated rings. The highest BCUT2D eigenvalue weighted by atomic mass is 32.1. The Kier molecular flexibility index (Phi) is 2.42. The maximum Gasteiger partial charge on any atom is 0.159 e. The number of fused-ring (bicyclic) bond motifs is 3. The molecule has 1 aliphatic rings. The van der Waals surface area contributed by atoms with E-state index >= 15 is 0 Å². The molecule has 4 rings (SSSR count). The molecule has 0 N–H and O–H groups in total. The minimum atomic E-state index is 0.0195. The Morgan fingerprint density at radius 3 is 2.42 bits per heavy atom. The monoisotopic (exact) mass is 264 g/mol. The fourth-order valence-corrected chi connectivity index (χ4v) is 3.38. The number of rotatable bonds is 1. The van der Waals surface area contributed by atoms with Gasteiger partial charge < -0.3 is 4.74 Å². The van der Waals surface area contributed by atoms with Crippen LogP contribution in [-0.4, -0.2) is 0 Å². The van der Waals surface area contributed by atoms with E-state index in [1.807, 2.05) is 12.1 Å². The molecule has 2 heteroatoms. The van der Waals surface area contributed by atoms with Crippen molar-refractivity contribution in [3.63, 3.8) is 0 Å². The fourth-order valence-electron chi connectivity index (χ4n) is 2.61. The molecule has 0 spiro atoms. The molecule has 2 heterocycles. The summed E-state index contributed by atoms with van der Waals surface area (Å²) in [6.45, 7) is 0. The molecule has 1 nitrogen and oxygen atoms in total. The van der Waals surface area contributed by atoms with E-state index in [2.05, 4.69) is 53.9 Å². The molecule has 92 valence electrons. The van der Waals surface area contributed by atoms with E-state index in [4.69, 9.17) is 4.74 Å². The van der Waals surface area contributed by atoms with Crippen molar-refractivity contribution in [3.8, 4) is 16.9 Å². The maximum absolute atomic E-state index is 6.21. The largest absolute Gasteiger partial charge is 0.479 e. The summed E-state index contributed by atoms with van der Waals surface area (Å²) in [5, 5.41) is 2.10. The third-order valence-electron chi connectivity index (χ3n) is 3.47. The van der Waals surface area contributed by atoms with Gasteiger partial charge in [-0.15, -0.1) is 11.3 Å². The van der Waals surface area contributed by atoms with Crippen molar-refractivity contribution in [2.24, 2.45) is 0 Å². The summed E-state index contributed by atoms with van der Waals surface area (Å²) in [6.07, 6.45) is 0.0195. The first-order chi connectivity index (χ1) is 9.43. The van der Waals surface area contributed by atoms with Gasteiger partial charge in [-0.1, -0.05) is 48.5 Å². The zero-order valence-corrected chi connectivity index (χ0v) is 11.1. The average Bonchev–Trinajstić information content (AvgIpc) is 3.00. The Morgan fingerprint density at radius 2 is 1.58 bits per heavy atom. The SMILES string of the molecule is c1csc([C@H]2Oc3ccccc3-c3ccccc32)c1. The Labute approximate surface area is 116 Å². The van der Waals surface area contributed by atoms with Gasteiger partial charge in [0.25, 0.3) is 0 Å². The lowest BCUT2D eigenvalue weighted by Crippen LogP contribution is -2.14. The van der Waals surface area contributed by atoms with Crippen molar-refractivity contribution in [3.05, 3.63) is 76.5 Å². The Hall–Kier alpha value is -2.06. The minimum Gasteiger partial charge on any atom is -0.479 e. The van der Waals surface area contributed by atoms with Gasteiger partial charge in [-0.3, -0.25) is 0 Å². The summed E-state index contributed by atoms with van der Waals surface area (Å²) in [5.74, 6) is 0.972. The second-order valence-corrected chi connectivity index (χ2v) is 5.58. The molecule has 1 aliphatic heterocycles. The van der Waals surface area contributed by atoms with Gasteiger partial charge in [0.2, 0.25) is 0 Å². The van der Waals surface area contributed by atoms with Crippen molar-refractivity contribution < 1.29 is 4.74 Å². The number of thiophene rings is 1. The molecular weight excluding hydrogens is 252 g/mol. The first-order valence-corrected chi connectivity index (χ1v) is 7.20. The second-order valence-electron chi connectivity index (χ2n) is 4.60. The van der Waals surface area contributed by atoms with Crippen LogP contribution in [0.5, 0.6) is 5.75 Å². The van der Waals surface area contributed by atoms with Crippen LogP contribution < -0.4 is 4.74 Å². The molecular formula is C17H12OS. The van der Waals surface area contributed by atoms with E-state index in [1.165, 1.54) is 21.6 Å². The van der Waals surface area contributed by atoms with E-state index in [9.17, 15) is 0 Å². The molecule has 0 radical (unpaired) electrons. The minimum absolute atomic E-state index is 0.0195. The summed E-state index contributed by atoms with van der Waals surface area (Å²) in [4.78, 5) is 1.25. The Balaban J connectivity index is 1.95. The van der Waals surface area contributed by atoms with Crippen molar-refractivity contribution in [1.29, 1.82) is 0 Å². The zero-order chi connectivity index (χ0) is 12.7. The summed E-state index contributed by atoms with van der Waals surface area (Å²) in [5.41, 5.74) is 3.72. The van der Waals surface area contributed by atoms with E-state index in [0.29, 0.717) is 0 Å². The van der Waals surface area contributed by atoms with Crippen LogP contribution in [-0.2, 0) is 0 Å². The lowest BCUT2D eigenvalue weighted by Gasteiger charge is -2.28. The number of para-hydroxylation sites is 1. The van der Waals surface area contributed by atoms with Gasteiger partial charge in [0.05, 0.1) is 0 Å². The third kappa shape index (κ3) is 1.68. The van der Waals surface area contributed by atoms with Gasteiger partial charge in [0.15, 0.2) is 6.10 Å². The second kappa shape index (κ2) is 4.25. The maximum atomic E-state index is 6.21. The lowest BCUT2D eigenvalue weighted by molar-refractivity contribution is 0.247.